The summed E-state index contributed by atoms with van der Waals surface area (Å²) < 4.78 is 1.10. The number of carbonyl (C=O) groups excluding carboxylic acids is 1. The Bertz CT molecular complexity index is 624. The molecule has 0 spiro atoms. The summed E-state index contributed by atoms with van der Waals surface area (Å²) in [4.78, 5) is 19.8. The molecule has 3 rings (SSSR count). The van der Waals surface area contributed by atoms with E-state index in [-0.39, 0.29) is 5.91 Å². The Balaban J connectivity index is 1.64. The van der Waals surface area contributed by atoms with Crippen LogP contribution in [0.5, 0.6) is 0 Å². The molecule has 21 heavy (non-hydrogen) atoms. The third kappa shape index (κ3) is 3.34. The van der Waals surface area contributed by atoms with Gasteiger partial charge in [0.2, 0.25) is 0 Å². The molecule has 1 fully saturated rings. The first-order valence-electron chi connectivity index (χ1n) is 7.00. The maximum atomic E-state index is 12.5. The van der Waals surface area contributed by atoms with E-state index in [4.69, 9.17) is 0 Å². The number of hydrogen-bond acceptors (Lipinski definition) is 2. The van der Waals surface area contributed by atoms with E-state index in [1.54, 1.807) is 0 Å². The van der Waals surface area contributed by atoms with Crippen LogP contribution in [0.25, 0.3) is 0 Å². The van der Waals surface area contributed by atoms with Crippen molar-refractivity contribution < 1.29 is 9.78 Å². The van der Waals surface area contributed by atoms with Gasteiger partial charge >= 0.3 is 0 Å². The van der Waals surface area contributed by atoms with Crippen molar-refractivity contribution in [2.75, 3.05) is 31.1 Å². The standard InChI is InChI=1S/C16H16IN3O/c17-14-3-1-2-13(12-14)16(21)20-10-8-19(9-11-20)15-4-6-18-7-5-15/h1-7,12H,8-11H2/p+1. The van der Waals surface area contributed by atoms with Gasteiger partial charge in [0.05, 0.1) is 0 Å². The summed E-state index contributed by atoms with van der Waals surface area (Å²) in [5.41, 5.74) is 1.99. The molecule has 0 bridgehead atoms. The summed E-state index contributed by atoms with van der Waals surface area (Å²) in [5, 5.41) is 0. The summed E-state index contributed by atoms with van der Waals surface area (Å²) in [6.45, 7) is 3.28. The molecule has 1 saturated heterocycles. The van der Waals surface area contributed by atoms with Crippen LogP contribution in [0.1, 0.15) is 10.4 Å². The molecule has 1 aromatic carbocycles. The summed E-state index contributed by atoms with van der Waals surface area (Å²) in [6.07, 6.45) is 3.86. The Morgan fingerprint density at radius 3 is 2.43 bits per heavy atom. The van der Waals surface area contributed by atoms with E-state index >= 15 is 0 Å². The Morgan fingerprint density at radius 1 is 1.05 bits per heavy atom. The highest BCUT2D eigenvalue weighted by Crippen LogP contribution is 2.16. The number of anilines is 1. The summed E-state index contributed by atoms with van der Waals surface area (Å²) >= 11 is 2.24. The molecular formula is C16H17IN3O+. The van der Waals surface area contributed by atoms with Crippen LogP contribution in [-0.4, -0.2) is 37.0 Å². The van der Waals surface area contributed by atoms with Gasteiger partial charge in [0.1, 0.15) is 0 Å². The van der Waals surface area contributed by atoms with Gasteiger partial charge in [-0.1, -0.05) is 6.07 Å². The molecule has 1 amide bonds. The van der Waals surface area contributed by atoms with Crippen molar-refractivity contribution in [2.45, 2.75) is 0 Å². The van der Waals surface area contributed by atoms with E-state index in [0.29, 0.717) is 0 Å². The largest absolute Gasteiger partial charge is 0.368 e. The van der Waals surface area contributed by atoms with Crippen molar-refractivity contribution in [1.29, 1.82) is 0 Å². The lowest BCUT2D eigenvalue weighted by atomic mass is 10.2. The highest BCUT2D eigenvalue weighted by molar-refractivity contribution is 14.1. The molecule has 108 valence electrons. The lowest BCUT2D eigenvalue weighted by molar-refractivity contribution is -0.377. The van der Waals surface area contributed by atoms with Gasteiger partial charge in [-0.05, 0) is 40.8 Å². The first-order chi connectivity index (χ1) is 10.2. The number of piperazine rings is 1. The highest BCUT2D eigenvalue weighted by Gasteiger charge is 2.22. The van der Waals surface area contributed by atoms with Crippen LogP contribution in [0.2, 0.25) is 0 Å². The normalized spacial score (nSPS) is 15.1. The number of nitrogens with zero attached hydrogens (tertiary/aromatic N) is 2. The monoisotopic (exact) mass is 394 g/mol. The van der Waals surface area contributed by atoms with Gasteiger partial charge < -0.3 is 9.80 Å². The zero-order valence-electron chi connectivity index (χ0n) is 11.6. The van der Waals surface area contributed by atoms with Crippen LogP contribution in [0, 0.1) is 3.57 Å². The number of halogens is 1. The number of pyridine rings is 1. The van der Waals surface area contributed by atoms with Gasteiger partial charge in [0, 0.05) is 53.1 Å². The van der Waals surface area contributed by atoms with Crippen LogP contribution < -0.4 is 9.88 Å². The summed E-state index contributed by atoms with van der Waals surface area (Å²) in [6, 6.07) is 11.9. The highest BCUT2D eigenvalue weighted by atomic mass is 127. The topological polar surface area (TPSA) is 37.7 Å². The maximum Gasteiger partial charge on any atom is 0.254 e. The Morgan fingerprint density at radius 2 is 1.76 bits per heavy atom. The zero-order chi connectivity index (χ0) is 14.7. The number of aromatic amines is 1. The van der Waals surface area contributed by atoms with Gasteiger partial charge in [-0.2, -0.15) is 0 Å². The van der Waals surface area contributed by atoms with E-state index < -0.39 is 0 Å². The number of H-pyrrole nitrogens is 1. The molecular weight excluding hydrogens is 377 g/mol. The Kier molecular flexibility index (Phi) is 4.38. The molecule has 1 aliphatic rings. The fourth-order valence-electron chi connectivity index (χ4n) is 2.56. The van der Waals surface area contributed by atoms with Crippen LogP contribution in [0.15, 0.2) is 48.8 Å². The second-order valence-corrected chi connectivity index (χ2v) is 6.29. The van der Waals surface area contributed by atoms with Crippen molar-refractivity contribution in [2.24, 2.45) is 0 Å². The minimum absolute atomic E-state index is 0.134. The number of carbonyl (C=O) groups is 1. The number of aromatic nitrogens is 1. The predicted octanol–water partition coefficient (Wildman–Crippen LogP) is 2.07. The maximum absolute atomic E-state index is 12.5. The average Bonchev–Trinajstić information content (AvgIpc) is 2.55. The summed E-state index contributed by atoms with van der Waals surface area (Å²) in [5.74, 6) is 0.134. The fraction of sp³-hybridized carbons (Fsp3) is 0.250. The van der Waals surface area contributed by atoms with Crippen LogP contribution in [0.4, 0.5) is 5.69 Å². The SMILES string of the molecule is O=C(c1cccc(I)c1)N1CCN(c2cc[nH+]cc2)CC1. The van der Waals surface area contributed by atoms with Crippen LogP contribution >= 0.6 is 22.6 Å². The van der Waals surface area contributed by atoms with Crippen molar-refractivity contribution in [3.05, 3.63) is 57.9 Å². The van der Waals surface area contributed by atoms with Gasteiger partial charge in [-0.15, -0.1) is 0 Å². The Hall–Kier alpha value is -1.63. The second kappa shape index (κ2) is 6.43. The van der Waals surface area contributed by atoms with Gasteiger partial charge in [-0.25, -0.2) is 4.98 Å². The summed E-state index contributed by atoms with van der Waals surface area (Å²) in [7, 11) is 0. The van der Waals surface area contributed by atoms with Gasteiger partial charge in [0.15, 0.2) is 12.4 Å². The minimum Gasteiger partial charge on any atom is -0.368 e. The number of hydrogen-bond donors (Lipinski definition) is 0. The molecule has 1 N–H and O–H groups in total. The predicted molar refractivity (Wildman–Crippen MR) is 90.3 cm³/mol. The van der Waals surface area contributed by atoms with Crippen LogP contribution in [-0.2, 0) is 0 Å². The molecule has 1 aliphatic heterocycles. The fourth-order valence-corrected chi connectivity index (χ4v) is 3.10. The quantitative estimate of drug-likeness (QED) is 0.732. The van der Waals surface area contributed by atoms with Crippen molar-refractivity contribution in [3.8, 4) is 0 Å². The van der Waals surface area contributed by atoms with Crippen LogP contribution in [0.3, 0.4) is 0 Å². The third-order valence-corrected chi connectivity index (χ3v) is 4.38. The molecule has 0 saturated carbocycles. The molecule has 2 heterocycles. The van der Waals surface area contributed by atoms with E-state index in [2.05, 4.69) is 44.6 Å². The second-order valence-electron chi connectivity index (χ2n) is 5.05. The molecule has 5 heteroatoms. The number of rotatable bonds is 2. The molecule has 2 aromatic rings. The third-order valence-electron chi connectivity index (χ3n) is 3.70. The molecule has 4 nitrogen and oxygen atoms in total. The lowest BCUT2D eigenvalue weighted by Crippen LogP contribution is -2.48. The van der Waals surface area contributed by atoms with Crippen molar-refractivity contribution >= 4 is 34.2 Å². The van der Waals surface area contributed by atoms with Crippen molar-refractivity contribution in [1.82, 2.24) is 4.90 Å². The zero-order valence-corrected chi connectivity index (χ0v) is 13.8. The average molecular weight is 394 g/mol. The smallest absolute Gasteiger partial charge is 0.254 e. The first-order valence-corrected chi connectivity index (χ1v) is 8.08. The van der Waals surface area contributed by atoms with E-state index in [1.165, 1.54) is 5.69 Å². The number of benzene rings is 1. The van der Waals surface area contributed by atoms with Gasteiger partial charge in [0.25, 0.3) is 5.91 Å². The van der Waals surface area contributed by atoms with Crippen molar-refractivity contribution in [3.63, 3.8) is 0 Å². The minimum atomic E-state index is 0.134. The molecule has 1 aromatic heterocycles. The number of nitrogens with one attached hydrogen (secondary N) is 1. The van der Waals surface area contributed by atoms with Gasteiger partial charge in [-0.3, -0.25) is 4.79 Å². The first kappa shape index (κ1) is 14.3. The lowest BCUT2D eigenvalue weighted by Gasteiger charge is -2.35. The molecule has 0 aliphatic carbocycles. The molecule has 0 unspecified atom stereocenters. The van der Waals surface area contributed by atoms with E-state index in [9.17, 15) is 4.79 Å². The molecule has 0 atom stereocenters. The van der Waals surface area contributed by atoms with E-state index in [0.717, 1.165) is 35.3 Å². The van der Waals surface area contributed by atoms with E-state index in [1.807, 2.05) is 41.6 Å². The Labute approximate surface area is 137 Å². The molecule has 0 radical (unpaired) electrons. The number of amides is 1.